The molecule has 2 aromatic heterocycles. The third kappa shape index (κ3) is 5.81. The highest BCUT2D eigenvalue weighted by Gasteiger charge is 2.22. The van der Waals surface area contributed by atoms with Crippen molar-refractivity contribution < 1.29 is 4.74 Å². The van der Waals surface area contributed by atoms with Crippen LogP contribution in [0.25, 0.3) is 5.65 Å². The van der Waals surface area contributed by atoms with Gasteiger partial charge >= 0.3 is 0 Å². The molecule has 1 aliphatic rings. The standard InChI is InChI=1S/C21H26N6O.HI/c1-2-22-21(24-14-20-26-25-19-9-5-6-12-27(19)20)23-13-17-7-3-4-8-18(17)28-15-16-10-11-16;/h3-9,12,16H,2,10-11,13-15H2,1H3,(H2,22,23,24);1H. The Hall–Kier alpha value is -2.36. The van der Waals surface area contributed by atoms with Crippen LogP contribution in [0.1, 0.15) is 31.2 Å². The minimum atomic E-state index is 0. The second kappa shape index (κ2) is 10.4. The maximum atomic E-state index is 5.99. The van der Waals surface area contributed by atoms with Gasteiger partial charge in [-0.05, 0) is 43.9 Å². The molecule has 2 N–H and O–H groups in total. The third-order valence-corrected chi connectivity index (χ3v) is 4.69. The summed E-state index contributed by atoms with van der Waals surface area (Å²) in [6, 6.07) is 14.0. The summed E-state index contributed by atoms with van der Waals surface area (Å²) < 4.78 is 7.96. The second-order valence-corrected chi connectivity index (χ2v) is 6.96. The highest BCUT2D eigenvalue weighted by molar-refractivity contribution is 14.0. The summed E-state index contributed by atoms with van der Waals surface area (Å²) in [5, 5.41) is 15.1. The predicted octanol–water partition coefficient (Wildman–Crippen LogP) is 3.39. The Balaban J connectivity index is 0.00000240. The minimum absolute atomic E-state index is 0. The number of fused-ring (bicyclic) bond motifs is 1. The van der Waals surface area contributed by atoms with E-state index in [1.54, 1.807) is 0 Å². The van der Waals surface area contributed by atoms with Crippen molar-refractivity contribution >= 4 is 35.6 Å². The summed E-state index contributed by atoms with van der Waals surface area (Å²) in [5.41, 5.74) is 1.93. The molecule has 8 heteroatoms. The summed E-state index contributed by atoms with van der Waals surface area (Å²) in [7, 11) is 0. The van der Waals surface area contributed by atoms with E-state index in [4.69, 9.17) is 9.73 Å². The van der Waals surface area contributed by atoms with Gasteiger partial charge in [0.05, 0.1) is 19.7 Å². The molecule has 0 amide bonds. The van der Waals surface area contributed by atoms with Crippen LogP contribution in [0.3, 0.4) is 0 Å². The topological polar surface area (TPSA) is 75.8 Å². The van der Waals surface area contributed by atoms with E-state index in [-0.39, 0.29) is 24.0 Å². The molecule has 0 aliphatic heterocycles. The van der Waals surface area contributed by atoms with E-state index >= 15 is 0 Å². The Morgan fingerprint density at radius 1 is 1.14 bits per heavy atom. The number of guanidine groups is 1. The molecule has 1 fully saturated rings. The normalized spacial score (nSPS) is 13.8. The van der Waals surface area contributed by atoms with Gasteiger partial charge in [0.1, 0.15) is 5.75 Å². The molecule has 7 nitrogen and oxygen atoms in total. The van der Waals surface area contributed by atoms with Crippen LogP contribution in [0.5, 0.6) is 5.75 Å². The number of aliphatic imine (C=N–C) groups is 1. The van der Waals surface area contributed by atoms with Gasteiger partial charge in [-0.2, -0.15) is 0 Å². The molecule has 1 aliphatic carbocycles. The van der Waals surface area contributed by atoms with Gasteiger partial charge in [-0.25, -0.2) is 4.99 Å². The van der Waals surface area contributed by atoms with Crippen molar-refractivity contribution in [3.05, 3.63) is 60.0 Å². The lowest BCUT2D eigenvalue weighted by Crippen LogP contribution is -2.37. The molecule has 2 heterocycles. The molecule has 4 rings (SSSR count). The lowest BCUT2D eigenvalue weighted by atomic mass is 10.2. The van der Waals surface area contributed by atoms with Crippen molar-refractivity contribution in [3.8, 4) is 5.75 Å². The van der Waals surface area contributed by atoms with Crippen molar-refractivity contribution in [1.82, 2.24) is 25.2 Å². The van der Waals surface area contributed by atoms with Crippen LogP contribution in [-0.4, -0.2) is 33.7 Å². The van der Waals surface area contributed by atoms with E-state index in [9.17, 15) is 0 Å². The van der Waals surface area contributed by atoms with Gasteiger partial charge in [0.2, 0.25) is 0 Å². The summed E-state index contributed by atoms with van der Waals surface area (Å²) in [5.74, 6) is 3.24. The number of hydrogen-bond acceptors (Lipinski definition) is 4. The van der Waals surface area contributed by atoms with E-state index in [1.165, 1.54) is 12.8 Å². The lowest BCUT2D eigenvalue weighted by Gasteiger charge is -2.12. The smallest absolute Gasteiger partial charge is 0.191 e. The average molecular weight is 506 g/mol. The number of nitrogens with zero attached hydrogens (tertiary/aromatic N) is 4. The Kier molecular flexibility index (Phi) is 7.68. The first-order valence-electron chi connectivity index (χ1n) is 9.85. The second-order valence-electron chi connectivity index (χ2n) is 6.96. The summed E-state index contributed by atoms with van der Waals surface area (Å²) in [6.45, 7) is 4.73. The molecule has 1 saturated carbocycles. The number of para-hydroxylation sites is 1. The van der Waals surface area contributed by atoms with Crippen molar-refractivity contribution in [2.75, 3.05) is 13.2 Å². The zero-order chi connectivity index (χ0) is 19.2. The number of rotatable bonds is 8. The molecular weight excluding hydrogens is 479 g/mol. The van der Waals surface area contributed by atoms with E-state index in [2.05, 4.69) is 33.8 Å². The minimum Gasteiger partial charge on any atom is -0.493 e. The van der Waals surface area contributed by atoms with Gasteiger partial charge in [-0.15, -0.1) is 34.2 Å². The quantitative estimate of drug-likeness (QED) is 0.279. The van der Waals surface area contributed by atoms with Gasteiger partial charge in [-0.3, -0.25) is 4.40 Å². The third-order valence-electron chi connectivity index (χ3n) is 4.69. The van der Waals surface area contributed by atoms with Gasteiger partial charge in [0, 0.05) is 18.3 Å². The highest BCUT2D eigenvalue weighted by Crippen LogP contribution is 2.30. The number of ether oxygens (including phenoxy) is 1. The summed E-state index contributed by atoms with van der Waals surface area (Å²) in [4.78, 5) is 4.72. The van der Waals surface area contributed by atoms with Crippen molar-refractivity contribution in [2.24, 2.45) is 10.9 Å². The molecule has 0 bridgehead atoms. The predicted molar refractivity (Wildman–Crippen MR) is 125 cm³/mol. The van der Waals surface area contributed by atoms with Crippen molar-refractivity contribution in [2.45, 2.75) is 32.9 Å². The first-order chi connectivity index (χ1) is 13.8. The Bertz CT molecular complexity index is 953. The van der Waals surface area contributed by atoms with E-state index in [1.807, 2.05) is 47.0 Å². The van der Waals surface area contributed by atoms with Gasteiger partial charge in [0.15, 0.2) is 17.4 Å². The van der Waals surface area contributed by atoms with Gasteiger partial charge < -0.3 is 15.4 Å². The van der Waals surface area contributed by atoms with Gasteiger partial charge in [0.25, 0.3) is 0 Å². The molecule has 3 aromatic rings. The number of benzene rings is 1. The van der Waals surface area contributed by atoms with Crippen LogP contribution in [-0.2, 0) is 13.1 Å². The van der Waals surface area contributed by atoms with E-state index < -0.39 is 0 Å². The van der Waals surface area contributed by atoms with Crippen molar-refractivity contribution in [1.29, 1.82) is 0 Å². The molecule has 29 heavy (non-hydrogen) atoms. The number of hydrogen-bond donors (Lipinski definition) is 2. The Morgan fingerprint density at radius 3 is 2.79 bits per heavy atom. The monoisotopic (exact) mass is 506 g/mol. The molecule has 0 spiro atoms. The Morgan fingerprint density at radius 2 is 1.97 bits per heavy atom. The van der Waals surface area contributed by atoms with Crippen LogP contribution >= 0.6 is 24.0 Å². The molecule has 154 valence electrons. The van der Waals surface area contributed by atoms with Gasteiger partial charge in [-0.1, -0.05) is 24.3 Å². The van der Waals surface area contributed by atoms with E-state index in [0.29, 0.717) is 13.1 Å². The number of aromatic nitrogens is 3. The summed E-state index contributed by atoms with van der Waals surface area (Å²) >= 11 is 0. The van der Waals surface area contributed by atoms with Crippen LogP contribution in [0.4, 0.5) is 0 Å². The Labute approximate surface area is 188 Å². The molecule has 0 saturated heterocycles. The maximum Gasteiger partial charge on any atom is 0.191 e. The van der Waals surface area contributed by atoms with Crippen molar-refractivity contribution in [3.63, 3.8) is 0 Å². The fourth-order valence-corrected chi connectivity index (χ4v) is 2.95. The number of pyridine rings is 1. The zero-order valence-corrected chi connectivity index (χ0v) is 18.9. The first-order valence-corrected chi connectivity index (χ1v) is 9.85. The molecule has 1 aromatic carbocycles. The largest absolute Gasteiger partial charge is 0.493 e. The fraction of sp³-hybridized carbons (Fsp3) is 0.381. The molecular formula is C21H27IN6O. The fourth-order valence-electron chi connectivity index (χ4n) is 2.95. The number of nitrogens with one attached hydrogen (secondary N) is 2. The number of halogens is 1. The highest BCUT2D eigenvalue weighted by atomic mass is 127. The first kappa shape index (κ1) is 21.4. The zero-order valence-electron chi connectivity index (χ0n) is 16.5. The molecule has 0 radical (unpaired) electrons. The van der Waals surface area contributed by atoms with E-state index in [0.717, 1.165) is 47.8 Å². The average Bonchev–Trinajstić information content (AvgIpc) is 3.47. The molecule has 0 unspecified atom stereocenters. The van der Waals surface area contributed by atoms with Crippen LogP contribution in [0.15, 0.2) is 53.7 Å². The van der Waals surface area contributed by atoms with Crippen LogP contribution < -0.4 is 15.4 Å². The SMILES string of the molecule is CCNC(=NCc1ccccc1OCC1CC1)NCc1nnc2ccccn12.I. The lowest BCUT2D eigenvalue weighted by molar-refractivity contribution is 0.297. The van der Waals surface area contributed by atoms with Crippen LogP contribution in [0.2, 0.25) is 0 Å². The maximum absolute atomic E-state index is 5.99. The van der Waals surface area contributed by atoms with Crippen LogP contribution in [0, 0.1) is 5.92 Å². The molecule has 0 atom stereocenters. The summed E-state index contributed by atoms with van der Waals surface area (Å²) in [6.07, 6.45) is 4.53.